The minimum absolute atomic E-state index is 0.0798. The molecule has 4 heteroatoms. The normalized spacial score (nSPS) is 16.5. The predicted octanol–water partition coefficient (Wildman–Crippen LogP) is 2.72. The van der Waals surface area contributed by atoms with Crippen LogP contribution in [-0.2, 0) is 9.59 Å². The van der Waals surface area contributed by atoms with Gasteiger partial charge in [-0.2, -0.15) is 0 Å². The summed E-state index contributed by atoms with van der Waals surface area (Å²) in [6.07, 6.45) is 0. The number of halogens is 2. The van der Waals surface area contributed by atoms with Crippen LogP contribution in [-0.4, -0.2) is 21.2 Å². The zero-order valence-corrected chi connectivity index (χ0v) is 11.4. The van der Waals surface area contributed by atoms with E-state index < -0.39 is 5.41 Å². The van der Waals surface area contributed by atoms with Gasteiger partial charge in [0, 0.05) is 0 Å². The summed E-state index contributed by atoms with van der Waals surface area (Å²) in [6.45, 7) is 6.78. The zero-order chi connectivity index (χ0) is 10.8. The fraction of sp³-hybridized carbons (Fsp3) is 0.778. The second-order valence-corrected chi connectivity index (χ2v) is 6.33. The van der Waals surface area contributed by atoms with E-state index in [1.54, 1.807) is 27.7 Å². The number of carbonyl (C=O) groups is 2. The maximum atomic E-state index is 11.6. The van der Waals surface area contributed by atoms with Crippen LogP contribution in [0.1, 0.15) is 27.7 Å². The van der Waals surface area contributed by atoms with Gasteiger partial charge in [0.2, 0.25) is 0 Å². The van der Waals surface area contributed by atoms with Crippen LogP contribution in [0.4, 0.5) is 0 Å². The van der Waals surface area contributed by atoms with E-state index in [4.69, 9.17) is 0 Å². The van der Waals surface area contributed by atoms with Crippen LogP contribution < -0.4 is 0 Å². The largest absolute Gasteiger partial charge is 0.297 e. The van der Waals surface area contributed by atoms with Gasteiger partial charge < -0.3 is 0 Å². The molecule has 76 valence electrons. The Labute approximate surface area is 95.7 Å². The van der Waals surface area contributed by atoms with E-state index in [2.05, 4.69) is 31.9 Å². The lowest BCUT2D eigenvalue weighted by Crippen LogP contribution is -2.40. The van der Waals surface area contributed by atoms with Crippen molar-refractivity contribution in [1.82, 2.24) is 0 Å². The van der Waals surface area contributed by atoms with E-state index in [0.717, 1.165) is 0 Å². The van der Waals surface area contributed by atoms with Crippen molar-refractivity contribution >= 4 is 43.4 Å². The molecule has 0 amide bonds. The van der Waals surface area contributed by atoms with Gasteiger partial charge in [0.1, 0.15) is 0 Å². The Bertz CT molecular complexity index is 198. The molecule has 0 N–H and O–H groups in total. The van der Waals surface area contributed by atoms with Gasteiger partial charge in [-0.3, -0.25) is 9.59 Å². The molecule has 2 nitrogen and oxygen atoms in total. The van der Waals surface area contributed by atoms with Crippen LogP contribution >= 0.6 is 31.9 Å². The first-order valence-electron chi connectivity index (χ1n) is 4.08. The monoisotopic (exact) mass is 312 g/mol. The number of alkyl halides is 2. The maximum Gasteiger partial charge on any atom is 0.159 e. The Kier molecular flexibility index (Phi) is 4.80. The van der Waals surface area contributed by atoms with Crippen molar-refractivity contribution in [3.05, 3.63) is 0 Å². The minimum atomic E-state index is -0.911. The van der Waals surface area contributed by atoms with E-state index in [1.165, 1.54) is 0 Å². The van der Waals surface area contributed by atoms with E-state index in [0.29, 0.717) is 0 Å². The molecule has 0 rings (SSSR count). The molecule has 2 atom stereocenters. The standard InChI is InChI=1S/C9H14Br2O2/c1-5(10)7(12)9(3,4)8(13)6(2)11/h5-6H,1-4H3. The highest BCUT2D eigenvalue weighted by atomic mass is 79.9. The SMILES string of the molecule is CC(Br)C(=O)C(C)(C)C(=O)C(C)Br. The molecule has 0 bridgehead atoms. The fourth-order valence-electron chi connectivity index (χ4n) is 1.12. The summed E-state index contributed by atoms with van der Waals surface area (Å²) >= 11 is 6.35. The Morgan fingerprint density at radius 3 is 1.38 bits per heavy atom. The average Bonchev–Trinajstić information content (AvgIpc) is 2.01. The summed E-state index contributed by atoms with van der Waals surface area (Å²) in [5.41, 5.74) is -0.911. The van der Waals surface area contributed by atoms with Gasteiger partial charge in [-0.05, 0) is 27.7 Å². The molecular formula is C9H14Br2O2. The van der Waals surface area contributed by atoms with Crippen molar-refractivity contribution in [3.8, 4) is 0 Å². The van der Waals surface area contributed by atoms with E-state index in [-0.39, 0.29) is 21.2 Å². The smallest absolute Gasteiger partial charge is 0.159 e. The van der Waals surface area contributed by atoms with Crippen molar-refractivity contribution in [1.29, 1.82) is 0 Å². The topological polar surface area (TPSA) is 34.1 Å². The molecule has 0 fully saturated rings. The molecule has 0 heterocycles. The van der Waals surface area contributed by atoms with Crippen molar-refractivity contribution in [2.75, 3.05) is 0 Å². The molecule has 0 aromatic heterocycles. The van der Waals surface area contributed by atoms with E-state index >= 15 is 0 Å². The highest BCUT2D eigenvalue weighted by Crippen LogP contribution is 2.26. The number of hydrogen-bond acceptors (Lipinski definition) is 2. The van der Waals surface area contributed by atoms with Crippen LogP contribution in [0, 0.1) is 5.41 Å². The molecule has 0 aromatic carbocycles. The van der Waals surface area contributed by atoms with Gasteiger partial charge in [-0.1, -0.05) is 31.9 Å². The van der Waals surface area contributed by atoms with Crippen LogP contribution in [0.2, 0.25) is 0 Å². The third-order valence-electron chi connectivity index (χ3n) is 1.95. The number of ketones is 2. The lowest BCUT2D eigenvalue weighted by atomic mass is 9.81. The van der Waals surface area contributed by atoms with Gasteiger partial charge in [-0.15, -0.1) is 0 Å². The minimum Gasteiger partial charge on any atom is -0.297 e. The first-order valence-corrected chi connectivity index (χ1v) is 5.91. The molecule has 0 aliphatic rings. The van der Waals surface area contributed by atoms with Crippen LogP contribution in [0.25, 0.3) is 0 Å². The summed E-state index contributed by atoms with van der Waals surface area (Å²) in [5, 5.41) is 0. The second-order valence-electron chi connectivity index (χ2n) is 3.59. The maximum absolute atomic E-state index is 11.6. The van der Waals surface area contributed by atoms with Crippen molar-refractivity contribution < 1.29 is 9.59 Å². The average molecular weight is 314 g/mol. The lowest BCUT2D eigenvalue weighted by Gasteiger charge is -2.24. The van der Waals surface area contributed by atoms with Gasteiger partial charge >= 0.3 is 0 Å². The van der Waals surface area contributed by atoms with Crippen LogP contribution in [0.15, 0.2) is 0 Å². The molecule has 13 heavy (non-hydrogen) atoms. The molecule has 0 aliphatic carbocycles. The molecule has 0 saturated carbocycles. The number of Topliss-reactive ketones (excluding diaryl/α,β-unsaturated/α-hetero) is 2. The molecule has 0 radical (unpaired) electrons. The first-order chi connectivity index (χ1) is 5.71. The molecule has 0 aromatic rings. The lowest BCUT2D eigenvalue weighted by molar-refractivity contribution is -0.137. The zero-order valence-electron chi connectivity index (χ0n) is 8.23. The predicted molar refractivity (Wildman–Crippen MR) is 60.6 cm³/mol. The quantitative estimate of drug-likeness (QED) is 0.591. The molecule has 0 spiro atoms. The van der Waals surface area contributed by atoms with E-state index in [1.807, 2.05) is 0 Å². The fourth-order valence-corrected chi connectivity index (χ4v) is 2.26. The molecule has 0 aliphatic heterocycles. The Hall–Kier alpha value is 0.300. The highest BCUT2D eigenvalue weighted by Gasteiger charge is 2.38. The molecule has 2 unspecified atom stereocenters. The summed E-state index contributed by atoms with van der Waals surface area (Å²) in [5.74, 6) is -0.160. The van der Waals surface area contributed by atoms with Crippen molar-refractivity contribution in [3.63, 3.8) is 0 Å². The van der Waals surface area contributed by atoms with E-state index in [9.17, 15) is 9.59 Å². The van der Waals surface area contributed by atoms with Gasteiger partial charge in [0.25, 0.3) is 0 Å². The van der Waals surface area contributed by atoms with Crippen molar-refractivity contribution in [2.45, 2.75) is 37.3 Å². The summed E-state index contributed by atoms with van der Waals surface area (Å²) in [6, 6.07) is 0. The Morgan fingerprint density at radius 1 is 1.00 bits per heavy atom. The Morgan fingerprint density at radius 2 is 1.23 bits per heavy atom. The number of hydrogen-bond donors (Lipinski definition) is 0. The Balaban J connectivity index is 4.76. The third kappa shape index (κ3) is 3.17. The molecule has 0 saturated heterocycles. The van der Waals surface area contributed by atoms with Crippen LogP contribution in [0.3, 0.4) is 0 Å². The molecular weight excluding hydrogens is 300 g/mol. The third-order valence-corrected chi connectivity index (χ3v) is 2.79. The summed E-state index contributed by atoms with van der Waals surface area (Å²) < 4.78 is 0. The summed E-state index contributed by atoms with van der Waals surface area (Å²) in [4.78, 5) is 22.7. The van der Waals surface area contributed by atoms with Gasteiger partial charge in [-0.25, -0.2) is 0 Å². The first kappa shape index (κ1) is 13.3. The highest BCUT2D eigenvalue weighted by molar-refractivity contribution is 9.10. The van der Waals surface area contributed by atoms with Gasteiger partial charge in [0.05, 0.1) is 15.1 Å². The second kappa shape index (κ2) is 4.69. The van der Waals surface area contributed by atoms with Gasteiger partial charge in [0.15, 0.2) is 11.6 Å². The van der Waals surface area contributed by atoms with Crippen LogP contribution in [0.5, 0.6) is 0 Å². The number of rotatable bonds is 4. The number of carbonyl (C=O) groups excluding carboxylic acids is 2. The summed E-state index contributed by atoms with van der Waals surface area (Å²) in [7, 11) is 0. The van der Waals surface area contributed by atoms with Crippen molar-refractivity contribution in [2.24, 2.45) is 5.41 Å².